The minimum atomic E-state index is -0.499. The average molecular weight is 438 g/mol. The molecule has 0 bridgehead atoms. The monoisotopic (exact) mass is 437 g/mol. The van der Waals surface area contributed by atoms with Crippen LogP contribution in [0.3, 0.4) is 0 Å². The van der Waals surface area contributed by atoms with Gasteiger partial charge in [0.15, 0.2) is 5.78 Å². The molecule has 0 atom stereocenters. The summed E-state index contributed by atoms with van der Waals surface area (Å²) in [6, 6.07) is 16.3. The van der Waals surface area contributed by atoms with Gasteiger partial charge in [0.2, 0.25) is 0 Å². The molecule has 1 aliphatic heterocycles. The minimum Gasteiger partial charge on any atom is -0.444 e. The normalized spacial score (nSPS) is 14.7. The predicted octanol–water partition coefficient (Wildman–Crippen LogP) is 3.35. The van der Waals surface area contributed by atoms with Gasteiger partial charge in [0, 0.05) is 43.9 Å². The predicted molar refractivity (Wildman–Crippen MR) is 123 cm³/mol. The number of nitrogens with one attached hydrogen (secondary N) is 1. The van der Waals surface area contributed by atoms with Gasteiger partial charge >= 0.3 is 6.09 Å². The Balaban J connectivity index is 1.49. The molecule has 2 aromatic carbocycles. The second-order valence-corrected chi connectivity index (χ2v) is 8.92. The Morgan fingerprint density at radius 3 is 2.22 bits per heavy atom. The van der Waals surface area contributed by atoms with Gasteiger partial charge in [-0.05, 0) is 38.5 Å². The molecule has 0 saturated carbocycles. The van der Waals surface area contributed by atoms with Crippen LogP contribution in [0, 0.1) is 0 Å². The Hall–Kier alpha value is -3.19. The average Bonchev–Trinajstić information content (AvgIpc) is 2.77. The third kappa shape index (κ3) is 6.92. The fourth-order valence-corrected chi connectivity index (χ4v) is 3.47. The van der Waals surface area contributed by atoms with Crippen LogP contribution < -0.4 is 5.32 Å². The van der Waals surface area contributed by atoms with Gasteiger partial charge in [-0.2, -0.15) is 0 Å². The summed E-state index contributed by atoms with van der Waals surface area (Å²) in [4.78, 5) is 40.9. The highest BCUT2D eigenvalue weighted by Crippen LogP contribution is 2.14. The lowest BCUT2D eigenvalue weighted by Gasteiger charge is -2.35. The lowest BCUT2D eigenvalue weighted by atomic mass is 10.1. The van der Waals surface area contributed by atoms with Gasteiger partial charge in [-0.1, -0.05) is 42.5 Å². The minimum absolute atomic E-state index is 0.0420. The topological polar surface area (TPSA) is 79.0 Å². The van der Waals surface area contributed by atoms with E-state index in [1.165, 1.54) is 0 Å². The maximum Gasteiger partial charge on any atom is 0.410 e. The van der Waals surface area contributed by atoms with E-state index in [0.29, 0.717) is 30.8 Å². The quantitative estimate of drug-likeness (QED) is 0.701. The summed E-state index contributed by atoms with van der Waals surface area (Å²) in [5.41, 5.74) is 1.61. The summed E-state index contributed by atoms with van der Waals surface area (Å²) >= 11 is 0. The number of ketones is 1. The van der Waals surface area contributed by atoms with Crippen LogP contribution in [0.15, 0.2) is 54.6 Å². The maximum atomic E-state index is 12.5. The number of rotatable bonds is 6. The molecule has 1 fully saturated rings. The van der Waals surface area contributed by atoms with Gasteiger partial charge in [0.05, 0.1) is 6.54 Å². The van der Waals surface area contributed by atoms with Gasteiger partial charge < -0.3 is 15.0 Å². The zero-order valence-electron chi connectivity index (χ0n) is 19.0. The Morgan fingerprint density at radius 1 is 0.906 bits per heavy atom. The molecule has 1 saturated heterocycles. The molecule has 32 heavy (non-hydrogen) atoms. The summed E-state index contributed by atoms with van der Waals surface area (Å²) in [6.07, 6.45) is -0.277. The van der Waals surface area contributed by atoms with Crippen LogP contribution in [-0.2, 0) is 11.3 Å². The highest BCUT2D eigenvalue weighted by atomic mass is 16.6. The second-order valence-electron chi connectivity index (χ2n) is 8.92. The molecular formula is C25H31N3O4. The van der Waals surface area contributed by atoms with Crippen LogP contribution >= 0.6 is 0 Å². The van der Waals surface area contributed by atoms with E-state index in [1.54, 1.807) is 35.2 Å². The van der Waals surface area contributed by atoms with E-state index in [0.717, 1.165) is 18.7 Å². The first-order chi connectivity index (χ1) is 15.2. The molecule has 1 aliphatic rings. The molecule has 0 spiro atoms. The van der Waals surface area contributed by atoms with Crippen molar-refractivity contribution in [2.24, 2.45) is 0 Å². The fraction of sp³-hybridized carbons (Fsp3) is 0.400. The Kier molecular flexibility index (Phi) is 7.64. The van der Waals surface area contributed by atoms with Gasteiger partial charge in [0.1, 0.15) is 5.60 Å². The second kappa shape index (κ2) is 10.4. The van der Waals surface area contributed by atoms with E-state index in [9.17, 15) is 14.4 Å². The van der Waals surface area contributed by atoms with Crippen LogP contribution in [0.1, 0.15) is 47.1 Å². The van der Waals surface area contributed by atoms with Crippen LogP contribution in [0.4, 0.5) is 4.79 Å². The lowest BCUT2D eigenvalue weighted by Crippen LogP contribution is -2.49. The first kappa shape index (κ1) is 23.5. The summed E-state index contributed by atoms with van der Waals surface area (Å²) in [7, 11) is 0. The number of ether oxygens (including phenoxy) is 1. The smallest absolute Gasteiger partial charge is 0.410 e. The first-order valence-electron chi connectivity index (χ1n) is 10.9. The molecule has 1 heterocycles. The Morgan fingerprint density at radius 2 is 1.56 bits per heavy atom. The van der Waals surface area contributed by atoms with Gasteiger partial charge in [-0.3, -0.25) is 14.5 Å². The third-order valence-corrected chi connectivity index (χ3v) is 5.12. The van der Waals surface area contributed by atoms with Crippen molar-refractivity contribution in [3.8, 4) is 0 Å². The van der Waals surface area contributed by atoms with Crippen molar-refractivity contribution in [2.45, 2.75) is 32.9 Å². The molecule has 2 amide bonds. The van der Waals surface area contributed by atoms with E-state index < -0.39 is 5.60 Å². The zero-order chi connectivity index (χ0) is 23.1. The van der Waals surface area contributed by atoms with Crippen LogP contribution in [-0.4, -0.2) is 65.9 Å². The molecule has 0 aliphatic carbocycles. The molecule has 0 aromatic heterocycles. The van der Waals surface area contributed by atoms with Gasteiger partial charge in [-0.25, -0.2) is 4.79 Å². The summed E-state index contributed by atoms with van der Waals surface area (Å²) < 4.78 is 5.44. The number of hydrogen-bond acceptors (Lipinski definition) is 5. The van der Waals surface area contributed by atoms with E-state index in [2.05, 4.69) is 10.2 Å². The number of carbonyl (C=O) groups excluding carboxylic acids is 3. The number of hydrogen-bond donors (Lipinski definition) is 1. The zero-order valence-corrected chi connectivity index (χ0v) is 19.0. The lowest BCUT2D eigenvalue weighted by molar-refractivity contribution is 0.0139. The number of piperazine rings is 1. The van der Waals surface area contributed by atoms with Crippen LogP contribution in [0.25, 0.3) is 0 Å². The van der Waals surface area contributed by atoms with Crippen molar-refractivity contribution < 1.29 is 19.1 Å². The summed E-state index contributed by atoms with van der Waals surface area (Å²) in [6.45, 7) is 8.92. The standard InChI is InChI=1S/C25H31N3O4/c1-25(2,3)32-24(31)28-14-12-27(13-15-28)18-19-8-7-11-21(16-19)23(30)26-17-22(29)20-9-5-4-6-10-20/h4-11,16H,12-15,17-18H2,1-3H3,(H,26,30). The third-order valence-electron chi connectivity index (χ3n) is 5.12. The molecule has 7 heteroatoms. The Bertz CT molecular complexity index is 945. The molecule has 0 unspecified atom stereocenters. The summed E-state index contributed by atoms with van der Waals surface area (Å²) in [5.74, 6) is -0.399. The van der Waals surface area contributed by atoms with Crippen molar-refractivity contribution in [2.75, 3.05) is 32.7 Å². The molecule has 2 aromatic rings. The maximum absolute atomic E-state index is 12.5. The van der Waals surface area contributed by atoms with Crippen molar-refractivity contribution >= 4 is 17.8 Å². The Labute approximate surface area is 189 Å². The number of amides is 2. The van der Waals surface area contributed by atoms with Crippen LogP contribution in [0.2, 0.25) is 0 Å². The molecule has 7 nitrogen and oxygen atoms in total. The molecule has 1 N–H and O–H groups in total. The molecule has 0 radical (unpaired) electrons. The highest BCUT2D eigenvalue weighted by molar-refractivity contribution is 6.02. The molecule has 3 rings (SSSR count). The molecular weight excluding hydrogens is 406 g/mol. The van der Waals surface area contributed by atoms with E-state index >= 15 is 0 Å². The fourth-order valence-electron chi connectivity index (χ4n) is 3.47. The highest BCUT2D eigenvalue weighted by Gasteiger charge is 2.25. The van der Waals surface area contributed by atoms with Crippen molar-refractivity contribution in [3.63, 3.8) is 0 Å². The van der Waals surface area contributed by atoms with Crippen LogP contribution in [0.5, 0.6) is 0 Å². The van der Waals surface area contributed by atoms with Crippen molar-refractivity contribution in [1.29, 1.82) is 0 Å². The van der Waals surface area contributed by atoms with E-state index in [1.807, 2.05) is 45.0 Å². The van der Waals surface area contributed by atoms with E-state index in [-0.39, 0.29) is 24.3 Å². The van der Waals surface area contributed by atoms with Gasteiger partial charge in [-0.15, -0.1) is 0 Å². The number of carbonyl (C=O) groups is 3. The largest absolute Gasteiger partial charge is 0.444 e. The number of benzene rings is 2. The first-order valence-corrected chi connectivity index (χ1v) is 10.9. The van der Waals surface area contributed by atoms with Gasteiger partial charge in [0.25, 0.3) is 5.91 Å². The van der Waals surface area contributed by atoms with Crippen molar-refractivity contribution in [3.05, 3.63) is 71.3 Å². The summed E-state index contributed by atoms with van der Waals surface area (Å²) in [5, 5.41) is 2.70. The van der Waals surface area contributed by atoms with E-state index in [4.69, 9.17) is 4.74 Å². The van der Waals surface area contributed by atoms with Crippen molar-refractivity contribution in [1.82, 2.24) is 15.1 Å². The SMILES string of the molecule is CC(C)(C)OC(=O)N1CCN(Cc2cccc(C(=O)NCC(=O)c3ccccc3)c2)CC1. The number of nitrogens with zero attached hydrogens (tertiary/aromatic N) is 2. The number of Topliss-reactive ketones (excluding diaryl/α,β-unsaturated/α-hetero) is 1. The molecule has 170 valence electrons.